The van der Waals surface area contributed by atoms with Gasteiger partial charge >= 0.3 is 0 Å². The molecular formula is C13H14ClN3. The van der Waals surface area contributed by atoms with Crippen LogP contribution in [0, 0.1) is 0 Å². The number of aromatic nitrogens is 2. The molecule has 0 aliphatic rings. The van der Waals surface area contributed by atoms with E-state index in [-0.39, 0.29) is 0 Å². The average molecular weight is 248 g/mol. The van der Waals surface area contributed by atoms with Gasteiger partial charge in [-0.2, -0.15) is 0 Å². The van der Waals surface area contributed by atoms with Crippen molar-refractivity contribution < 1.29 is 0 Å². The van der Waals surface area contributed by atoms with Gasteiger partial charge in [-0.1, -0.05) is 30.7 Å². The Morgan fingerprint density at radius 3 is 2.65 bits per heavy atom. The van der Waals surface area contributed by atoms with Gasteiger partial charge in [0.25, 0.3) is 0 Å². The highest BCUT2D eigenvalue weighted by Crippen LogP contribution is 2.19. The van der Waals surface area contributed by atoms with E-state index in [1.807, 2.05) is 24.3 Å². The molecule has 0 fully saturated rings. The van der Waals surface area contributed by atoms with Gasteiger partial charge in [0, 0.05) is 17.1 Å². The lowest BCUT2D eigenvalue weighted by molar-refractivity contribution is 0.965. The van der Waals surface area contributed by atoms with Crippen LogP contribution in [0.3, 0.4) is 0 Å². The number of hydrogen-bond acceptors (Lipinski definition) is 3. The van der Waals surface area contributed by atoms with Crippen LogP contribution in [-0.4, -0.2) is 16.5 Å². The van der Waals surface area contributed by atoms with Crippen molar-refractivity contribution in [3.05, 3.63) is 41.7 Å². The molecule has 0 amide bonds. The topological polar surface area (TPSA) is 37.8 Å². The Hall–Kier alpha value is -1.61. The van der Waals surface area contributed by atoms with Crippen molar-refractivity contribution in [1.82, 2.24) is 9.97 Å². The Morgan fingerprint density at radius 2 is 1.94 bits per heavy atom. The number of nitrogens with zero attached hydrogens (tertiary/aromatic N) is 2. The smallest absolute Gasteiger partial charge is 0.145 e. The summed E-state index contributed by atoms with van der Waals surface area (Å²) in [5.41, 5.74) is 1.87. The molecule has 1 heterocycles. The van der Waals surface area contributed by atoms with Gasteiger partial charge in [-0.25, -0.2) is 4.98 Å². The van der Waals surface area contributed by atoms with E-state index in [4.69, 9.17) is 11.6 Å². The molecule has 0 spiro atoms. The first-order valence-electron chi connectivity index (χ1n) is 5.61. The highest BCUT2D eigenvalue weighted by Gasteiger charge is 2.01. The van der Waals surface area contributed by atoms with E-state index in [2.05, 4.69) is 22.2 Å². The monoisotopic (exact) mass is 247 g/mol. The maximum absolute atomic E-state index is 5.85. The van der Waals surface area contributed by atoms with Crippen LogP contribution in [0.1, 0.15) is 13.3 Å². The van der Waals surface area contributed by atoms with E-state index in [9.17, 15) is 0 Å². The second-order valence-electron chi connectivity index (χ2n) is 3.72. The van der Waals surface area contributed by atoms with E-state index in [0.717, 1.165) is 35.1 Å². The number of nitrogens with one attached hydrogen (secondary N) is 1. The molecule has 0 bridgehead atoms. The Bertz CT molecular complexity index is 482. The molecule has 1 N–H and O–H groups in total. The summed E-state index contributed by atoms with van der Waals surface area (Å²) >= 11 is 5.85. The summed E-state index contributed by atoms with van der Waals surface area (Å²) in [6.45, 7) is 3.02. The fourth-order valence-corrected chi connectivity index (χ4v) is 1.59. The van der Waals surface area contributed by atoms with Crippen molar-refractivity contribution in [2.24, 2.45) is 0 Å². The second kappa shape index (κ2) is 5.64. The average Bonchev–Trinajstić information content (AvgIpc) is 2.37. The number of hydrogen-bond donors (Lipinski definition) is 1. The minimum Gasteiger partial charge on any atom is -0.369 e. The number of halogens is 1. The molecule has 0 aliphatic heterocycles. The number of benzene rings is 1. The Balaban J connectivity index is 2.23. The maximum Gasteiger partial charge on any atom is 0.145 e. The predicted octanol–water partition coefficient (Wildman–Crippen LogP) is 3.62. The summed E-state index contributed by atoms with van der Waals surface area (Å²) in [5.74, 6) is 0.805. The predicted molar refractivity (Wildman–Crippen MR) is 71.3 cm³/mol. The molecule has 88 valence electrons. The second-order valence-corrected chi connectivity index (χ2v) is 4.16. The highest BCUT2D eigenvalue weighted by atomic mass is 35.5. The minimum atomic E-state index is 0.724. The quantitative estimate of drug-likeness (QED) is 0.897. The van der Waals surface area contributed by atoms with Crippen LogP contribution in [0.4, 0.5) is 5.82 Å². The van der Waals surface area contributed by atoms with Crippen LogP contribution >= 0.6 is 11.6 Å². The lowest BCUT2D eigenvalue weighted by atomic mass is 10.2. The fraction of sp³-hybridized carbons (Fsp3) is 0.231. The summed E-state index contributed by atoms with van der Waals surface area (Å²) < 4.78 is 0. The van der Waals surface area contributed by atoms with Crippen molar-refractivity contribution in [3.63, 3.8) is 0 Å². The molecule has 0 unspecified atom stereocenters. The van der Waals surface area contributed by atoms with Gasteiger partial charge in [0.1, 0.15) is 5.82 Å². The zero-order chi connectivity index (χ0) is 12.1. The Kier molecular flexibility index (Phi) is 3.94. The molecule has 0 aliphatic carbocycles. The summed E-state index contributed by atoms with van der Waals surface area (Å²) in [6, 6.07) is 7.58. The van der Waals surface area contributed by atoms with Crippen LogP contribution in [-0.2, 0) is 0 Å². The Morgan fingerprint density at radius 1 is 1.18 bits per heavy atom. The van der Waals surface area contributed by atoms with Crippen molar-refractivity contribution in [3.8, 4) is 11.3 Å². The summed E-state index contributed by atoms with van der Waals surface area (Å²) in [7, 11) is 0. The van der Waals surface area contributed by atoms with Crippen LogP contribution < -0.4 is 5.32 Å². The molecule has 2 aromatic rings. The summed E-state index contributed by atoms with van der Waals surface area (Å²) in [6.07, 6.45) is 4.54. The van der Waals surface area contributed by atoms with Crippen molar-refractivity contribution in [2.75, 3.05) is 11.9 Å². The largest absolute Gasteiger partial charge is 0.369 e. The molecule has 0 radical (unpaired) electrons. The molecule has 0 saturated heterocycles. The molecule has 1 aromatic heterocycles. The van der Waals surface area contributed by atoms with Gasteiger partial charge in [-0.3, -0.25) is 4.98 Å². The lowest BCUT2D eigenvalue weighted by Gasteiger charge is -2.05. The van der Waals surface area contributed by atoms with Gasteiger partial charge in [0.05, 0.1) is 18.1 Å². The first kappa shape index (κ1) is 11.9. The number of rotatable bonds is 4. The van der Waals surface area contributed by atoms with Crippen LogP contribution in [0.5, 0.6) is 0 Å². The van der Waals surface area contributed by atoms with E-state index >= 15 is 0 Å². The molecule has 0 saturated carbocycles. The molecule has 3 nitrogen and oxygen atoms in total. The van der Waals surface area contributed by atoms with Crippen LogP contribution in [0.25, 0.3) is 11.3 Å². The van der Waals surface area contributed by atoms with Crippen LogP contribution in [0.2, 0.25) is 5.02 Å². The maximum atomic E-state index is 5.85. The van der Waals surface area contributed by atoms with Crippen molar-refractivity contribution in [2.45, 2.75) is 13.3 Å². The standard InChI is InChI=1S/C13H14ClN3/c1-2-7-16-13-9-15-8-12(17-13)10-3-5-11(14)6-4-10/h3-6,8-9H,2,7H2,1H3,(H,16,17). The first-order valence-corrected chi connectivity index (χ1v) is 5.99. The fourth-order valence-electron chi connectivity index (χ4n) is 1.46. The van der Waals surface area contributed by atoms with Gasteiger partial charge in [0.15, 0.2) is 0 Å². The molecule has 4 heteroatoms. The van der Waals surface area contributed by atoms with Gasteiger partial charge in [-0.05, 0) is 18.6 Å². The zero-order valence-corrected chi connectivity index (χ0v) is 10.4. The van der Waals surface area contributed by atoms with Crippen LogP contribution in [0.15, 0.2) is 36.7 Å². The third-order valence-electron chi connectivity index (χ3n) is 2.33. The lowest BCUT2D eigenvalue weighted by Crippen LogP contribution is -2.02. The van der Waals surface area contributed by atoms with Gasteiger partial charge < -0.3 is 5.32 Å². The zero-order valence-electron chi connectivity index (χ0n) is 9.65. The third kappa shape index (κ3) is 3.17. The SMILES string of the molecule is CCCNc1cncc(-c2ccc(Cl)cc2)n1. The third-order valence-corrected chi connectivity index (χ3v) is 2.58. The normalized spacial score (nSPS) is 10.2. The summed E-state index contributed by atoms with van der Waals surface area (Å²) in [4.78, 5) is 8.67. The molecule has 0 atom stereocenters. The van der Waals surface area contributed by atoms with Crippen molar-refractivity contribution >= 4 is 17.4 Å². The molecule has 1 aromatic carbocycles. The number of anilines is 1. The first-order chi connectivity index (χ1) is 8.29. The van der Waals surface area contributed by atoms with Gasteiger partial charge in [0.2, 0.25) is 0 Å². The van der Waals surface area contributed by atoms with E-state index in [1.165, 1.54) is 0 Å². The Labute approximate surface area is 106 Å². The molecular weight excluding hydrogens is 234 g/mol. The summed E-state index contributed by atoms with van der Waals surface area (Å²) in [5, 5.41) is 3.94. The van der Waals surface area contributed by atoms with E-state index in [0.29, 0.717) is 0 Å². The minimum absolute atomic E-state index is 0.724. The van der Waals surface area contributed by atoms with E-state index in [1.54, 1.807) is 12.4 Å². The van der Waals surface area contributed by atoms with Gasteiger partial charge in [-0.15, -0.1) is 0 Å². The highest BCUT2D eigenvalue weighted by molar-refractivity contribution is 6.30. The molecule has 2 rings (SSSR count). The molecule has 17 heavy (non-hydrogen) atoms. The van der Waals surface area contributed by atoms with E-state index < -0.39 is 0 Å². The van der Waals surface area contributed by atoms with Crippen molar-refractivity contribution in [1.29, 1.82) is 0 Å².